The minimum absolute atomic E-state index is 0.354. The van der Waals surface area contributed by atoms with E-state index in [-0.39, 0.29) is 0 Å². The molecule has 0 atom stereocenters. The van der Waals surface area contributed by atoms with Crippen molar-refractivity contribution in [2.24, 2.45) is 0 Å². The molecule has 21 heavy (non-hydrogen) atoms. The monoisotopic (exact) mass is 375 g/mol. The first kappa shape index (κ1) is 16.9. The average Bonchev–Trinajstić information content (AvgIpc) is 2.64. The highest BCUT2D eigenvalue weighted by molar-refractivity contribution is 9.10. The fourth-order valence-electron chi connectivity index (χ4n) is 2.47. The SMILES string of the molecule is CNCc1ccc(S(=O)(=O)N2CCCN(C)CC2)c(Br)c1. The van der Waals surface area contributed by atoms with E-state index in [4.69, 9.17) is 0 Å². The Morgan fingerprint density at radius 2 is 2.00 bits per heavy atom. The van der Waals surface area contributed by atoms with E-state index in [2.05, 4.69) is 26.1 Å². The molecule has 5 nitrogen and oxygen atoms in total. The molecule has 0 amide bonds. The summed E-state index contributed by atoms with van der Waals surface area (Å²) >= 11 is 3.41. The predicted molar refractivity (Wildman–Crippen MR) is 87.8 cm³/mol. The Labute approximate surface area is 135 Å². The first-order valence-electron chi connectivity index (χ1n) is 7.07. The van der Waals surface area contributed by atoms with Crippen LogP contribution in [-0.4, -0.2) is 57.9 Å². The molecule has 0 aromatic heterocycles. The fourth-order valence-corrected chi connectivity index (χ4v) is 5.02. The highest BCUT2D eigenvalue weighted by Crippen LogP contribution is 2.27. The number of nitrogens with one attached hydrogen (secondary N) is 1. The van der Waals surface area contributed by atoms with Crippen LogP contribution in [0.3, 0.4) is 0 Å². The lowest BCUT2D eigenvalue weighted by molar-refractivity contribution is 0.347. The van der Waals surface area contributed by atoms with Gasteiger partial charge in [0.1, 0.15) is 0 Å². The van der Waals surface area contributed by atoms with Crippen LogP contribution in [0.2, 0.25) is 0 Å². The maximum absolute atomic E-state index is 12.8. The van der Waals surface area contributed by atoms with E-state index < -0.39 is 10.0 Å². The summed E-state index contributed by atoms with van der Waals surface area (Å²) in [6, 6.07) is 5.42. The first-order chi connectivity index (χ1) is 9.95. The number of rotatable bonds is 4. The smallest absolute Gasteiger partial charge is 0.244 e. The summed E-state index contributed by atoms with van der Waals surface area (Å²) < 4.78 is 27.8. The van der Waals surface area contributed by atoms with Gasteiger partial charge in [0, 0.05) is 30.7 Å². The Morgan fingerprint density at radius 3 is 2.67 bits per heavy atom. The Bertz CT molecular complexity index is 592. The predicted octanol–water partition coefficient (Wildman–Crippen LogP) is 1.49. The number of halogens is 1. The van der Waals surface area contributed by atoms with E-state index in [1.165, 1.54) is 0 Å². The molecule has 0 bridgehead atoms. The number of hydrogen-bond donors (Lipinski definition) is 1. The molecule has 118 valence electrons. The summed E-state index contributed by atoms with van der Waals surface area (Å²) in [5, 5.41) is 3.06. The summed E-state index contributed by atoms with van der Waals surface area (Å²) in [5.41, 5.74) is 1.05. The zero-order valence-corrected chi connectivity index (χ0v) is 14.9. The zero-order valence-electron chi connectivity index (χ0n) is 12.5. The molecule has 7 heteroatoms. The summed E-state index contributed by atoms with van der Waals surface area (Å²) in [6.45, 7) is 3.55. The normalized spacial score (nSPS) is 18.6. The highest BCUT2D eigenvalue weighted by atomic mass is 79.9. The molecular weight excluding hydrogens is 354 g/mol. The van der Waals surface area contributed by atoms with Crippen LogP contribution in [0.5, 0.6) is 0 Å². The third-order valence-electron chi connectivity index (χ3n) is 3.67. The second-order valence-corrected chi connectivity index (χ2v) is 8.12. The summed E-state index contributed by atoms with van der Waals surface area (Å²) in [6.07, 6.45) is 0.866. The maximum Gasteiger partial charge on any atom is 0.244 e. The van der Waals surface area contributed by atoms with E-state index in [0.717, 1.165) is 25.1 Å². The molecule has 1 aliphatic heterocycles. The third-order valence-corrected chi connectivity index (χ3v) is 6.55. The van der Waals surface area contributed by atoms with E-state index in [1.54, 1.807) is 10.4 Å². The molecular formula is C14H22BrN3O2S. The number of sulfonamides is 1. The number of benzene rings is 1. The molecule has 1 aromatic rings. The van der Waals surface area contributed by atoms with Crippen molar-refractivity contribution in [2.45, 2.75) is 17.9 Å². The van der Waals surface area contributed by atoms with Crippen molar-refractivity contribution in [1.29, 1.82) is 0 Å². The minimum atomic E-state index is -3.43. The maximum atomic E-state index is 12.8. The zero-order chi connectivity index (χ0) is 15.5. The van der Waals surface area contributed by atoms with Crippen molar-refractivity contribution in [3.05, 3.63) is 28.2 Å². The van der Waals surface area contributed by atoms with Gasteiger partial charge in [-0.2, -0.15) is 4.31 Å². The molecule has 2 rings (SSSR count). The molecule has 1 aliphatic rings. The van der Waals surface area contributed by atoms with Crippen molar-refractivity contribution in [1.82, 2.24) is 14.5 Å². The molecule has 0 spiro atoms. The van der Waals surface area contributed by atoms with E-state index >= 15 is 0 Å². The molecule has 0 unspecified atom stereocenters. The fraction of sp³-hybridized carbons (Fsp3) is 0.571. The van der Waals surface area contributed by atoms with Crippen LogP contribution >= 0.6 is 15.9 Å². The number of likely N-dealkylation sites (N-methyl/N-ethyl adjacent to an activating group) is 1. The van der Waals surface area contributed by atoms with Gasteiger partial charge in [-0.25, -0.2) is 8.42 Å². The van der Waals surface area contributed by atoms with Crippen LogP contribution in [0, 0.1) is 0 Å². The van der Waals surface area contributed by atoms with Crippen molar-refractivity contribution < 1.29 is 8.42 Å². The van der Waals surface area contributed by atoms with Crippen molar-refractivity contribution in [3.63, 3.8) is 0 Å². The lowest BCUT2D eigenvalue weighted by atomic mass is 10.2. The summed E-state index contributed by atoms with van der Waals surface area (Å²) in [4.78, 5) is 2.52. The standard InChI is InChI=1S/C14H22BrN3O2S/c1-16-11-12-4-5-14(13(15)10-12)21(19,20)18-7-3-6-17(2)8-9-18/h4-5,10,16H,3,6-9,11H2,1-2H3. The minimum Gasteiger partial charge on any atom is -0.316 e. The van der Waals surface area contributed by atoms with E-state index in [1.807, 2.05) is 26.2 Å². The quantitative estimate of drug-likeness (QED) is 0.865. The summed E-state index contributed by atoms with van der Waals surface area (Å²) in [7, 11) is 0.462. The van der Waals surface area contributed by atoms with E-state index in [9.17, 15) is 8.42 Å². The van der Waals surface area contributed by atoms with Gasteiger partial charge < -0.3 is 10.2 Å². The second-order valence-electron chi connectivity index (χ2n) is 5.36. The highest BCUT2D eigenvalue weighted by Gasteiger charge is 2.27. The summed E-state index contributed by atoms with van der Waals surface area (Å²) in [5.74, 6) is 0. The molecule has 1 aromatic carbocycles. The largest absolute Gasteiger partial charge is 0.316 e. The van der Waals surface area contributed by atoms with Gasteiger partial charge in [0.15, 0.2) is 0 Å². The third kappa shape index (κ3) is 4.04. The van der Waals surface area contributed by atoms with Gasteiger partial charge >= 0.3 is 0 Å². The topological polar surface area (TPSA) is 52.7 Å². The van der Waals surface area contributed by atoms with Crippen LogP contribution < -0.4 is 5.32 Å². The van der Waals surface area contributed by atoms with Crippen LogP contribution in [0.15, 0.2) is 27.6 Å². The van der Waals surface area contributed by atoms with Crippen LogP contribution in [-0.2, 0) is 16.6 Å². The molecule has 0 radical (unpaired) electrons. The van der Waals surface area contributed by atoms with Crippen molar-refractivity contribution in [2.75, 3.05) is 40.3 Å². The van der Waals surface area contributed by atoms with Gasteiger partial charge in [0.2, 0.25) is 10.0 Å². The lowest BCUT2D eigenvalue weighted by Gasteiger charge is -2.21. The first-order valence-corrected chi connectivity index (χ1v) is 9.30. The van der Waals surface area contributed by atoms with Crippen molar-refractivity contribution in [3.8, 4) is 0 Å². The second kappa shape index (κ2) is 7.19. The van der Waals surface area contributed by atoms with Gasteiger partial charge in [-0.15, -0.1) is 0 Å². The lowest BCUT2D eigenvalue weighted by Crippen LogP contribution is -2.34. The molecule has 1 fully saturated rings. The van der Waals surface area contributed by atoms with Gasteiger partial charge in [-0.05, 0) is 60.7 Å². The Balaban J connectivity index is 2.26. The number of nitrogens with zero attached hydrogens (tertiary/aromatic N) is 2. The van der Waals surface area contributed by atoms with Gasteiger partial charge in [-0.3, -0.25) is 0 Å². The van der Waals surface area contributed by atoms with Gasteiger partial charge in [0.25, 0.3) is 0 Å². The van der Waals surface area contributed by atoms with Gasteiger partial charge in [0.05, 0.1) is 4.90 Å². The molecule has 0 aliphatic carbocycles. The van der Waals surface area contributed by atoms with E-state index in [0.29, 0.717) is 29.0 Å². The Morgan fingerprint density at radius 1 is 1.24 bits per heavy atom. The molecule has 1 N–H and O–H groups in total. The van der Waals surface area contributed by atoms with Crippen LogP contribution in [0.25, 0.3) is 0 Å². The number of hydrogen-bond acceptors (Lipinski definition) is 4. The van der Waals surface area contributed by atoms with Gasteiger partial charge in [-0.1, -0.05) is 6.07 Å². The van der Waals surface area contributed by atoms with Crippen LogP contribution in [0.1, 0.15) is 12.0 Å². The Hall–Kier alpha value is -0.470. The average molecular weight is 376 g/mol. The van der Waals surface area contributed by atoms with Crippen LogP contribution in [0.4, 0.5) is 0 Å². The Kier molecular flexibility index (Phi) is 5.79. The van der Waals surface area contributed by atoms with Crippen molar-refractivity contribution >= 4 is 26.0 Å². The molecule has 0 saturated carbocycles. The molecule has 1 heterocycles. The molecule has 1 saturated heterocycles.